The molecule has 1 aromatic heterocycles. The minimum absolute atomic E-state index is 0.143. The Hall–Kier alpha value is -1.73. The quantitative estimate of drug-likeness (QED) is 0.352. The third kappa shape index (κ3) is 3.64. The number of hydrogen-bond acceptors (Lipinski definition) is 6. The highest BCUT2D eigenvalue weighted by Gasteiger charge is 2.20. The van der Waals surface area contributed by atoms with Gasteiger partial charge >= 0.3 is 5.97 Å². The average Bonchev–Trinajstić information content (AvgIpc) is 2.29. The number of ether oxygens (including phenoxy) is 2. The molecule has 0 fully saturated rings. The average molecular weight is 275 g/mol. The first-order valence-corrected chi connectivity index (χ1v) is 5.33. The van der Waals surface area contributed by atoms with Gasteiger partial charge in [-0.25, -0.2) is 9.78 Å². The summed E-state index contributed by atoms with van der Waals surface area (Å²) in [5.41, 5.74) is -0.473. The number of pyridine rings is 1. The predicted molar refractivity (Wildman–Crippen MR) is 62.7 cm³/mol. The Kier molecular flexibility index (Phi) is 4.99. The summed E-state index contributed by atoms with van der Waals surface area (Å²) in [4.78, 5) is 25.2. The summed E-state index contributed by atoms with van der Waals surface area (Å²) < 4.78 is 9.78. The lowest BCUT2D eigenvalue weighted by Crippen LogP contribution is -2.20. The molecule has 0 N–H and O–H groups in total. The number of hydrogen-bond donors (Lipinski definition) is 0. The molecule has 0 aliphatic rings. The van der Waals surface area contributed by atoms with Crippen LogP contribution < -0.4 is 0 Å². The van der Waals surface area contributed by atoms with Crippen LogP contribution in [0.5, 0.6) is 0 Å². The van der Waals surface area contributed by atoms with Crippen LogP contribution in [0, 0.1) is 10.1 Å². The zero-order valence-corrected chi connectivity index (χ0v) is 10.5. The van der Waals surface area contributed by atoms with Crippen LogP contribution in [0.1, 0.15) is 17.3 Å². The van der Waals surface area contributed by atoms with Crippen LogP contribution in [-0.2, 0) is 9.47 Å². The largest absolute Gasteiger partial charge is 0.457 e. The molecule has 98 valence electrons. The number of aromatic nitrogens is 1. The van der Waals surface area contributed by atoms with Crippen LogP contribution in [0.3, 0.4) is 0 Å². The Morgan fingerprint density at radius 2 is 2.33 bits per heavy atom. The maximum absolute atomic E-state index is 11.7. The number of carbonyl (C=O) groups is 1. The molecule has 8 heteroatoms. The number of halogens is 1. The molecule has 0 spiro atoms. The van der Waals surface area contributed by atoms with E-state index >= 15 is 0 Å². The van der Waals surface area contributed by atoms with Gasteiger partial charge in [-0.2, -0.15) is 0 Å². The molecule has 0 saturated heterocycles. The molecule has 18 heavy (non-hydrogen) atoms. The van der Waals surface area contributed by atoms with E-state index in [2.05, 4.69) is 4.98 Å². The summed E-state index contributed by atoms with van der Waals surface area (Å²) in [6, 6.07) is 1.02. The molecule has 7 nitrogen and oxygen atoms in total. The summed E-state index contributed by atoms with van der Waals surface area (Å²) >= 11 is 5.69. The molecule has 0 aromatic carbocycles. The molecule has 0 amide bonds. The van der Waals surface area contributed by atoms with Gasteiger partial charge < -0.3 is 9.47 Å². The summed E-state index contributed by atoms with van der Waals surface area (Å²) in [6.45, 7) is 1.84. The summed E-state index contributed by atoms with van der Waals surface area (Å²) in [5.74, 6) is -0.777. The van der Waals surface area contributed by atoms with Crippen molar-refractivity contribution in [1.82, 2.24) is 4.98 Å². The van der Waals surface area contributed by atoms with Crippen molar-refractivity contribution in [2.45, 2.75) is 13.0 Å². The number of nitro groups is 1. The lowest BCUT2D eigenvalue weighted by atomic mass is 10.2. The molecular weight excluding hydrogens is 264 g/mol. The maximum Gasteiger partial charge on any atom is 0.341 e. The van der Waals surface area contributed by atoms with E-state index in [1.807, 2.05) is 0 Å². The molecule has 1 rings (SSSR count). The Morgan fingerprint density at radius 1 is 1.67 bits per heavy atom. The van der Waals surface area contributed by atoms with Crippen LogP contribution in [0.25, 0.3) is 0 Å². The van der Waals surface area contributed by atoms with Gasteiger partial charge in [-0.1, -0.05) is 11.6 Å². The molecule has 0 aliphatic carbocycles. The van der Waals surface area contributed by atoms with Crippen molar-refractivity contribution in [3.63, 3.8) is 0 Å². The highest BCUT2D eigenvalue weighted by atomic mass is 35.5. The zero-order chi connectivity index (χ0) is 13.7. The van der Waals surface area contributed by atoms with Crippen LogP contribution >= 0.6 is 11.6 Å². The highest BCUT2D eigenvalue weighted by Crippen LogP contribution is 2.20. The van der Waals surface area contributed by atoms with E-state index in [-0.39, 0.29) is 23.0 Å². The van der Waals surface area contributed by atoms with Crippen molar-refractivity contribution in [1.29, 1.82) is 0 Å². The molecule has 0 saturated carbocycles. The van der Waals surface area contributed by atoms with Gasteiger partial charge in [0.05, 0.1) is 11.5 Å². The molecule has 1 heterocycles. The van der Waals surface area contributed by atoms with Gasteiger partial charge in [-0.3, -0.25) is 10.1 Å². The number of methoxy groups -OCH3 is 1. The van der Waals surface area contributed by atoms with Gasteiger partial charge in [0.25, 0.3) is 5.69 Å². The molecule has 0 bridgehead atoms. The van der Waals surface area contributed by atoms with Gasteiger partial charge in [0.2, 0.25) is 0 Å². The minimum Gasteiger partial charge on any atom is -0.457 e. The fourth-order valence-electron chi connectivity index (χ4n) is 1.19. The standard InChI is InChI=1S/C10H11ClN2O5/c1-6(5-17-2)18-10(14)8-3-7(13(15)16)4-12-9(8)11/h3-4,6H,5H2,1-2H3. The molecule has 1 atom stereocenters. The summed E-state index contributed by atoms with van der Waals surface area (Å²) in [6.07, 6.45) is 0.482. The van der Waals surface area contributed by atoms with E-state index in [0.717, 1.165) is 12.3 Å². The normalized spacial score (nSPS) is 11.9. The van der Waals surface area contributed by atoms with E-state index in [4.69, 9.17) is 21.1 Å². The highest BCUT2D eigenvalue weighted by molar-refractivity contribution is 6.32. The van der Waals surface area contributed by atoms with Gasteiger partial charge in [0.1, 0.15) is 23.0 Å². The Morgan fingerprint density at radius 3 is 2.89 bits per heavy atom. The fraction of sp³-hybridized carbons (Fsp3) is 0.400. The van der Waals surface area contributed by atoms with Gasteiger partial charge in [-0.05, 0) is 6.92 Å². The van der Waals surface area contributed by atoms with Crippen LogP contribution in [0.2, 0.25) is 5.15 Å². The van der Waals surface area contributed by atoms with Crippen LogP contribution in [0.4, 0.5) is 5.69 Å². The van der Waals surface area contributed by atoms with Crippen molar-refractivity contribution in [2.75, 3.05) is 13.7 Å². The summed E-state index contributed by atoms with van der Waals surface area (Å²) in [5, 5.41) is 10.4. The molecule has 1 unspecified atom stereocenters. The number of esters is 1. The van der Waals surface area contributed by atoms with Crippen molar-refractivity contribution >= 4 is 23.3 Å². The van der Waals surface area contributed by atoms with Gasteiger partial charge in [0, 0.05) is 13.2 Å². The van der Waals surface area contributed by atoms with Crippen molar-refractivity contribution in [3.05, 3.63) is 33.1 Å². The lowest BCUT2D eigenvalue weighted by molar-refractivity contribution is -0.385. The summed E-state index contributed by atoms with van der Waals surface area (Å²) in [7, 11) is 1.46. The Bertz CT molecular complexity index is 466. The maximum atomic E-state index is 11.7. The SMILES string of the molecule is COCC(C)OC(=O)c1cc([N+](=O)[O-])cnc1Cl. The first kappa shape index (κ1) is 14.3. The number of carbonyl (C=O) groups excluding carboxylic acids is 1. The van der Waals surface area contributed by atoms with Gasteiger partial charge in [0.15, 0.2) is 0 Å². The second kappa shape index (κ2) is 6.27. The van der Waals surface area contributed by atoms with Crippen LogP contribution in [-0.4, -0.2) is 35.7 Å². The van der Waals surface area contributed by atoms with Crippen molar-refractivity contribution in [3.8, 4) is 0 Å². The molecular formula is C10H11ClN2O5. The van der Waals surface area contributed by atoms with E-state index in [9.17, 15) is 14.9 Å². The minimum atomic E-state index is -0.777. The molecule has 1 aromatic rings. The Labute approximate surface area is 108 Å². The third-order valence-electron chi connectivity index (χ3n) is 1.96. The number of rotatable bonds is 5. The van der Waals surface area contributed by atoms with Crippen molar-refractivity contribution in [2.24, 2.45) is 0 Å². The third-order valence-corrected chi connectivity index (χ3v) is 2.27. The first-order chi connectivity index (χ1) is 8.45. The van der Waals surface area contributed by atoms with Crippen LogP contribution in [0.15, 0.2) is 12.3 Å². The first-order valence-electron chi connectivity index (χ1n) is 4.95. The van der Waals surface area contributed by atoms with Gasteiger partial charge in [-0.15, -0.1) is 0 Å². The molecule has 0 aliphatic heterocycles. The topological polar surface area (TPSA) is 91.6 Å². The number of nitrogens with zero attached hydrogens (tertiary/aromatic N) is 2. The zero-order valence-electron chi connectivity index (χ0n) is 9.75. The predicted octanol–water partition coefficient (Wildman–Crippen LogP) is 1.83. The fourth-order valence-corrected chi connectivity index (χ4v) is 1.38. The monoisotopic (exact) mass is 274 g/mol. The van der Waals surface area contributed by atoms with E-state index < -0.39 is 17.0 Å². The second-order valence-electron chi connectivity index (χ2n) is 3.46. The van der Waals surface area contributed by atoms with Crippen molar-refractivity contribution < 1.29 is 19.2 Å². The lowest BCUT2D eigenvalue weighted by Gasteiger charge is -2.12. The van der Waals surface area contributed by atoms with E-state index in [1.54, 1.807) is 6.92 Å². The van der Waals surface area contributed by atoms with E-state index in [1.165, 1.54) is 7.11 Å². The molecule has 0 radical (unpaired) electrons. The Balaban J connectivity index is 2.91. The smallest absolute Gasteiger partial charge is 0.341 e. The van der Waals surface area contributed by atoms with E-state index in [0.29, 0.717) is 0 Å². The second-order valence-corrected chi connectivity index (χ2v) is 3.82.